The quantitative estimate of drug-likeness (QED) is 0.634. The van der Waals surface area contributed by atoms with Crippen molar-refractivity contribution < 1.29 is 15.3 Å². The predicted octanol–water partition coefficient (Wildman–Crippen LogP) is 5.91. The minimum absolute atomic E-state index is 0.0408. The van der Waals surface area contributed by atoms with Crippen molar-refractivity contribution >= 4 is 0 Å². The minimum atomic E-state index is -0.119. The molecular weight excluding hydrogens is 336 g/mol. The van der Waals surface area contributed by atoms with Crippen LogP contribution in [0.3, 0.4) is 0 Å². The largest absolute Gasteiger partial charge is 0.508 e. The van der Waals surface area contributed by atoms with Crippen molar-refractivity contribution in [2.75, 3.05) is 0 Å². The normalized spacial score (nSPS) is 21.2. The highest BCUT2D eigenvalue weighted by Gasteiger charge is 2.27. The van der Waals surface area contributed by atoms with E-state index in [0.717, 1.165) is 11.1 Å². The third-order valence-electron chi connectivity index (χ3n) is 5.96. The van der Waals surface area contributed by atoms with E-state index in [2.05, 4.69) is 24.3 Å². The summed E-state index contributed by atoms with van der Waals surface area (Å²) in [4.78, 5) is 0. The first-order valence-corrected chi connectivity index (χ1v) is 9.82. The lowest BCUT2D eigenvalue weighted by atomic mass is 9.79. The monoisotopic (exact) mass is 362 g/mol. The van der Waals surface area contributed by atoms with Gasteiger partial charge in [0, 0.05) is 23.5 Å². The summed E-state index contributed by atoms with van der Waals surface area (Å²) in [6.07, 6.45) is 12.0. The van der Waals surface area contributed by atoms with Gasteiger partial charge in [0.15, 0.2) is 0 Å². The summed E-state index contributed by atoms with van der Waals surface area (Å²) >= 11 is 0. The van der Waals surface area contributed by atoms with Crippen LogP contribution >= 0.6 is 0 Å². The SMILES string of the molecule is OC1=CC(C(c2ccc(C3CCCCC3)cc2)c2ccc(O)cc2O)C=C1. The van der Waals surface area contributed by atoms with Gasteiger partial charge in [-0.05, 0) is 48.1 Å². The maximum Gasteiger partial charge on any atom is 0.123 e. The number of benzene rings is 2. The van der Waals surface area contributed by atoms with E-state index in [1.807, 2.05) is 12.2 Å². The standard InChI is InChI=1S/C24H26O3/c25-20-11-10-19(14-20)24(22-13-12-21(26)15-23(22)27)18-8-6-17(7-9-18)16-4-2-1-3-5-16/h6-16,19,24-27H,1-5H2. The molecule has 2 aromatic rings. The van der Waals surface area contributed by atoms with Crippen LogP contribution in [0.1, 0.15) is 60.6 Å². The summed E-state index contributed by atoms with van der Waals surface area (Å²) in [6.45, 7) is 0. The Morgan fingerprint density at radius 1 is 0.852 bits per heavy atom. The van der Waals surface area contributed by atoms with Crippen molar-refractivity contribution in [2.24, 2.45) is 5.92 Å². The van der Waals surface area contributed by atoms with Gasteiger partial charge in [-0.15, -0.1) is 0 Å². The second-order valence-corrected chi connectivity index (χ2v) is 7.75. The van der Waals surface area contributed by atoms with Gasteiger partial charge in [-0.2, -0.15) is 0 Å². The maximum atomic E-state index is 10.4. The fraction of sp³-hybridized carbons (Fsp3) is 0.333. The second-order valence-electron chi connectivity index (χ2n) is 7.75. The minimum Gasteiger partial charge on any atom is -0.508 e. The molecule has 4 rings (SSSR count). The van der Waals surface area contributed by atoms with E-state index in [1.54, 1.807) is 18.2 Å². The molecule has 0 heterocycles. The summed E-state index contributed by atoms with van der Waals surface area (Å²) in [6, 6.07) is 13.5. The van der Waals surface area contributed by atoms with Gasteiger partial charge in [0.05, 0.1) is 0 Å². The molecule has 3 heteroatoms. The number of aliphatic hydroxyl groups is 1. The van der Waals surface area contributed by atoms with Crippen LogP contribution in [0, 0.1) is 5.92 Å². The molecule has 2 atom stereocenters. The molecule has 0 aliphatic heterocycles. The van der Waals surface area contributed by atoms with Crippen LogP contribution in [0.15, 0.2) is 66.5 Å². The van der Waals surface area contributed by atoms with Crippen LogP contribution in [0.5, 0.6) is 11.5 Å². The van der Waals surface area contributed by atoms with E-state index in [1.165, 1.54) is 43.7 Å². The van der Waals surface area contributed by atoms with Crippen molar-refractivity contribution in [1.29, 1.82) is 0 Å². The van der Waals surface area contributed by atoms with Crippen LogP contribution in [0.4, 0.5) is 0 Å². The lowest BCUT2D eigenvalue weighted by Gasteiger charge is -2.25. The van der Waals surface area contributed by atoms with Gasteiger partial charge in [-0.3, -0.25) is 0 Å². The van der Waals surface area contributed by atoms with E-state index in [9.17, 15) is 15.3 Å². The van der Waals surface area contributed by atoms with E-state index < -0.39 is 0 Å². The topological polar surface area (TPSA) is 60.7 Å². The third kappa shape index (κ3) is 3.73. The smallest absolute Gasteiger partial charge is 0.123 e. The van der Waals surface area contributed by atoms with Gasteiger partial charge in [0.25, 0.3) is 0 Å². The lowest BCUT2D eigenvalue weighted by molar-refractivity contribution is 0.428. The molecular formula is C24H26O3. The number of hydrogen-bond acceptors (Lipinski definition) is 3. The van der Waals surface area contributed by atoms with Gasteiger partial charge < -0.3 is 15.3 Å². The fourth-order valence-electron chi connectivity index (χ4n) is 4.54. The molecule has 0 aromatic heterocycles. The zero-order valence-corrected chi connectivity index (χ0v) is 15.4. The van der Waals surface area contributed by atoms with Crippen molar-refractivity contribution in [3.63, 3.8) is 0 Å². The Kier molecular flexibility index (Phi) is 4.93. The zero-order valence-electron chi connectivity index (χ0n) is 15.4. The highest BCUT2D eigenvalue weighted by molar-refractivity contribution is 5.48. The fourth-order valence-corrected chi connectivity index (χ4v) is 4.54. The first-order valence-electron chi connectivity index (χ1n) is 9.82. The molecule has 27 heavy (non-hydrogen) atoms. The molecule has 3 nitrogen and oxygen atoms in total. The van der Waals surface area contributed by atoms with Crippen LogP contribution in [0.2, 0.25) is 0 Å². The van der Waals surface area contributed by atoms with E-state index in [0.29, 0.717) is 5.92 Å². The van der Waals surface area contributed by atoms with Gasteiger partial charge in [-0.25, -0.2) is 0 Å². The number of phenolic OH excluding ortho intramolecular Hbond substituents is 2. The van der Waals surface area contributed by atoms with Crippen LogP contribution in [-0.4, -0.2) is 15.3 Å². The summed E-state index contributed by atoms with van der Waals surface area (Å²) in [5.41, 5.74) is 3.24. The molecule has 2 aromatic carbocycles. The summed E-state index contributed by atoms with van der Waals surface area (Å²) in [7, 11) is 0. The molecule has 0 saturated heterocycles. The Bertz CT molecular complexity index is 858. The van der Waals surface area contributed by atoms with Gasteiger partial charge >= 0.3 is 0 Å². The van der Waals surface area contributed by atoms with Crippen molar-refractivity contribution in [3.05, 3.63) is 83.1 Å². The Morgan fingerprint density at radius 2 is 1.59 bits per heavy atom. The molecule has 0 amide bonds. The molecule has 140 valence electrons. The molecule has 0 bridgehead atoms. The zero-order chi connectivity index (χ0) is 18.8. The van der Waals surface area contributed by atoms with Crippen LogP contribution < -0.4 is 0 Å². The Balaban J connectivity index is 1.69. The highest BCUT2D eigenvalue weighted by atomic mass is 16.3. The molecule has 0 radical (unpaired) electrons. The van der Waals surface area contributed by atoms with Crippen LogP contribution in [-0.2, 0) is 0 Å². The van der Waals surface area contributed by atoms with Crippen molar-refractivity contribution in [3.8, 4) is 11.5 Å². The number of rotatable bonds is 4. The number of hydrogen-bond donors (Lipinski definition) is 3. The average Bonchev–Trinajstić information content (AvgIpc) is 3.11. The first-order chi connectivity index (χ1) is 13.1. The number of phenols is 2. The van der Waals surface area contributed by atoms with Crippen LogP contribution in [0.25, 0.3) is 0 Å². The molecule has 1 saturated carbocycles. The Labute approximate surface area is 160 Å². The summed E-state index contributed by atoms with van der Waals surface area (Å²) < 4.78 is 0. The van der Waals surface area contributed by atoms with Crippen molar-refractivity contribution in [1.82, 2.24) is 0 Å². The van der Waals surface area contributed by atoms with Crippen molar-refractivity contribution in [2.45, 2.75) is 43.9 Å². The Morgan fingerprint density at radius 3 is 2.22 bits per heavy atom. The molecule has 0 spiro atoms. The molecule has 2 aliphatic rings. The number of aliphatic hydroxyl groups excluding tert-OH is 1. The Hall–Kier alpha value is -2.68. The molecule has 2 aliphatic carbocycles. The average molecular weight is 362 g/mol. The van der Waals surface area contributed by atoms with E-state index in [4.69, 9.17) is 0 Å². The summed E-state index contributed by atoms with van der Waals surface area (Å²) in [5.74, 6) is 0.867. The van der Waals surface area contributed by atoms with Gasteiger partial charge in [0.1, 0.15) is 17.3 Å². The first kappa shape index (κ1) is 17.7. The van der Waals surface area contributed by atoms with E-state index >= 15 is 0 Å². The summed E-state index contributed by atoms with van der Waals surface area (Å²) in [5, 5.41) is 29.9. The number of allylic oxidation sites excluding steroid dienone is 3. The predicted molar refractivity (Wildman–Crippen MR) is 107 cm³/mol. The highest BCUT2D eigenvalue weighted by Crippen LogP contribution is 2.42. The van der Waals surface area contributed by atoms with Gasteiger partial charge in [-0.1, -0.05) is 55.7 Å². The third-order valence-corrected chi connectivity index (χ3v) is 5.96. The number of aromatic hydroxyl groups is 2. The molecule has 1 fully saturated rings. The second kappa shape index (κ2) is 7.51. The molecule has 3 N–H and O–H groups in total. The molecule has 2 unspecified atom stereocenters. The lowest BCUT2D eigenvalue weighted by Crippen LogP contribution is -2.11. The van der Waals surface area contributed by atoms with Gasteiger partial charge in [0.2, 0.25) is 0 Å². The maximum absolute atomic E-state index is 10.4. The van der Waals surface area contributed by atoms with E-state index in [-0.39, 0.29) is 29.1 Å².